The minimum absolute atomic E-state index is 0.0551. The molecule has 2 fully saturated rings. The van der Waals surface area contributed by atoms with Crippen molar-refractivity contribution in [2.75, 3.05) is 26.9 Å². The average Bonchev–Trinajstić information content (AvgIpc) is 3.07. The predicted octanol–water partition coefficient (Wildman–Crippen LogP) is 4.11. The third-order valence-corrected chi connectivity index (χ3v) is 7.95. The first-order valence-electron chi connectivity index (χ1n) is 11.9. The minimum atomic E-state index is -1.23. The first-order valence-corrected chi connectivity index (χ1v) is 11.9. The second-order valence-corrected chi connectivity index (χ2v) is 10.4. The molecule has 2 heterocycles. The number of carboxylic acid groups (broad SMARTS) is 1. The number of carboxylic acids is 1. The molecule has 188 valence electrons. The van der Waals surface area contributed by atoms with Crippen LogP contribution in [0, 0.1) is 22.7 Å². The fourth-order valence-electron chi connectivity index (χ4n) is 5.60. The Morgan fingerprint density at radius 2 is 1.89 bits per heavy atom. The van der Waals surface area contributed by atoms with Crippen LogP contribution in [0.15, 0.2) is 36.5 Å². The number of methoxy groups -OCH3 is 1. The Labute approximate surface area is 204 Å². The van der Waals surface area contributed by atoms with Gasteiger partial charge in [0, 0.05) is 73.0 Å². The van der Waals surface area contributed by atoms with E-state index >= 15 is 0 Å². The first kappa shape index (κ1) is 25.1. The summed E-state index contributed by atoms with van der Waals surface area (Å²) in [6, 6.07) is 5.21. The lowest BCUT2D eigenvalue weighted by Crippen LogP contribution is -2.20. The molecule has 8 nitrogen and oxygen atoms in total. The highest BCUT2D eigenvalue weighted by atomic mass is 16.5. The lowest BCUT2D eigenvalue weighted by Gasteiger charge is -2.22. The van der Waals surface area contributed by atoms with Gasteiger partial charge in [0.15, 0.2) is 5.78 Å². The van der Waals surface area contributed by atoms with Crippen LogP contribution in [0.4, 0.5) is 0 Å². The first-order chi connectivity index (χ1) is 16.6. The molecule has 1 aromatic heterocycles. The molecule has 2 atom stereocenters. The molecule has 0 radical (unpaired) electrons. The molecule has 2 aliphatic rings. The smallest absolute Gasteiger partial charge is 0.336 e. The number of hydrogen-bond donors (Lipinski definition) is 1. The summed E-state index contributed by atoms with van der Waals surface area (Å²) in [7, 11) is 1.65. The molecule has 35 heavy (non-hydrogen) atoms. The Kier molecular flexibility index (Phi) is 6.88. The number of ether oxygens (including phenoxy) is 3. The van der Waals surface area contributed by atoms with Gasteiger partial charge in [-0.15, -0.1) is 0 Å². The van der Waals surface area contributed by atoms with E-state index in [-0.39, 0.29) is 28.3 Å². The lowest BCUT2D eigenvalue weighted by atomic mass is 9.99. The van der Waals surface area contributed by atoms with Gasteiger partial charge in [0.05, 0.1) is 6.61 Å². The molecule has 8 heteroatoms. The van der Waals surface area contributed by atoms with Gasteiger partial charge in [-0.1, -0.05) is 20.8 Å². The Bertz CT molecular complexity index is 1170. The summed E-state index contributed by atoms with van der Waals surface area (Å²) in [5, 5.41) is 9.45. The van der Waals surface area contributed by atoms with E-state index in [1.165, 1.54) is 0 Å². The summed E-state index contributed by atoms with van der Waals surface area (Å²) in [5.74, 6) is -1.46. The number of aliphatic carboxylic acids is 1. The molecule has 0 bridgehead atoms. The molecule has 1 N–H and O–H groups in total. The molecular weight excluding hydrogens is 450 g/mol. The molecule has 1 saturated carbocycles. The van der Waals surface area contributed by atoms with Gasteiger partial charge in [-0.05, 0) is 42.4 Å². The molecule has 1 saturated heterocycles. The van der Waals surface area contributed by atoms with E-state index < -0.39 is 11.9 Å². The predicted molar refractivity (Wildman–Crippen MR) is 129 cm³/mol. The zero-order valence-corrected chi connectivity index (χ0v) is 20.7. The number of esters is 1. The Morgan fingerprint density at radius 1 is 1.17 bits per heavy atom. The minimum Gasteiger partial charge on any atom is -0.478 e. The van der Waals surface area contributed by atoms with Crippen molar-refractivity contribution in [3.63, 3.8) is 0 Å². The molecule has 1 aromatic carbocycles. The van der Waals surface area contributed by atoms with Gasteiger partial charge in [-0.25, -0.2) is 9.59 Å². The highest BCUT2D eigenvalue weighted by Gasteiger charge is 2.71. The number of benzene rings is 1. The van der Waals surface area contributed by atoms with Crippen LogP contribution in [0.5, 0.6) is 5.75 Å². The van der Waals surface area contributed by atoms with E-state index in [0.29, 0.717) is 18.1 Å². The van der Waals surface area contributed by atoms with E-state index in [9.17, 15) is 14.4 Å². The van der Waals surface area contributed by atoms with E-state index in [2.05, 4.69) is 25.3 Å². The van der Waals surface area contributed by atoms with Gasteiger partial charge in [0.1, 0.15) is 5.75 Å². The Balaban J connectivity index is 1.70. The van der Waals surface area contributed by atoms with Gasteiger partial charge in [0.2, 0.25) is 0 Å². The average molecular weight is 484 g/mol. The topological polar surface area (TPSA) is 104 Å². The Hall–Kier alpha value is -2.97. The summed E-state index contributed by atoms with van der Waals surface area (Å²) in [4.78, 5) is 36.6. The van der Waals surface area contributed by atoms with Gasteiger partial charge in [0.25, 0.3) is 0 Å². The van der Waals surface area contributed by atoms with Crippen LogP contribution in [0.2, 0.25) is 0 Å². The van der Waals surface area contributed by atoms with E-state index in [1.54, 1.807) is 19.2 Å². The van der Waals surface area contributed by atoms with E-state index in [0.717, 1.165) is 55.7 Å². The molecule has 2 aromatic rings. The monoisotopic (exact) mass is 483 g/mol. The normalized spacial score (nSPS) is 24.1. The number of aromatic nitrogens is 1. The van der Waals surface area contributed by atoms with Crippen molar-refractivity contribution in [1.82, 2.24) is 4.57 Å². The summed E-state index contributed by atoms with van der Waals surface area (Å²) < 4.78 is 18.4. The maximum Gasteiger partial charge on any atom is 0.336 e. The highest BCUT2D eigenvalue weighted by Crippen LogP contribution is 2.69. The van der Waals surface area contributed by atoms with Crippen LogP contribution in [0.1, 0.15) is 44.0 Å². The molecule has 0 spiro atoms. The quantitative estimate of drug-likeness (QED) is 0.248. The summed E-state index contributed by atoms with van der Waals surface area (Å²) in [5.41, 5.74) is 1.03. The van der Waals surface area contributed by atoms with Crippen LogP contribution in [0.3, 0.4) is 0 Å². The highest BCUT2D eigenvalue weighted by molar-refractivity contribution is 6.11. The Morgan fingerprint density at radius 3 is 2.54 bits per heavy atom. The summed E-state index contributed by atoms with van der Waals surface area (Å²) in [6.07, 6.45) is 5.45. The second-order valence-electron chi connectivity index (χ2n) is 10.4. The number of hydrogen-bond acceptors (Lipinski definition) is 6. The van der Waals surface area contributed by atoms with Crippen LogP contribution >= 0.6 is 0 Å². The molecular formula is C27H33NO7. The zero-order chi connectivity index (χ0) is 25.4. The van der Waals surface area contributed by atoms with Gasteiger partial charge < -0.3 is 23.9 Å². The largest absolute Gasteiger partial charge is 0.478 e. The van der Waals surface area contributed by atoms with Crippen LogP contribution < -0.4 is 4.74 Å². The third kappa shape index (κ3) is 4.77. The molecule has 0 amide bonds. The van der Waals surface area contributed by atoms with Crippen LogP contribution in [-0.2, 0) is 25.6 Å². The van der Waals surface area contributed by atoms with Gasteiger partial charge in [-0.2, -0.15) is 0 Å². The van der Waals surface area contributed by atoms with Crippen molar-refractivity contribution in [1.29, 1.82) is 0 Å². The molecule has 1 aliphatic heterocycles. The second kappa shape index (κ2) is 9.59. The van der Waals surface area contributed by atoms with Gasteiger partial charge >= 0.3 is 11.9 Å². The van der Waals surface area contributed by atoms with Gasteiger partial charge in [-0.3, -0.25) is 4.79 Å². The summed E-state index contributed by atoms with van der Waals surface area (Å²) >= 11 is 0. The van der Waals surface area contributed by atoms with Crippen LogP contribution in [0.25, 0.3) is 10.9 Å². The van der Waals surface area contributed by atoms with E-state index in [1.807, 2.05) is 12.3 Å². The number of carbonyl (C=O) groups is 3. The van der Waals surface area contributed by atoms with Crippen molar-refractivity contribution in [2.45, 2.75) is 40.2 Å². The van der Waals surface area contributed by atoms with Crippen molar-refractivity contribution in [3.8, 4) is 5.75 Å². The maximum absolute atomic E-state index is 13.9. The SMILES string of the molecule is COCC1(C)C(C(=O)c2cn(CC3CCOCC3)c3ccc(OC(=O)/C=C/C(=O)O)cc23)C1(C)C. The number of fused-ring (bicyclic) bond motifs is 1. The van der Waals surface area contributed by atoms with Crippen LogP contribution in [-0.4, -0.2) is 54.3 Å². The fraction of sp³-hybridized carbons (Fsp3) is 0.519. The lowest BCUT2D eigenvalue weighted by molar-refractivity contribution is -0.133. The number of carbonyl (C=O) groups excluding carboxylic acids is 2. The number of nitrogens with zero attached hydrogens (tertiary/aromatic N) is 1. The molecule has 1 aliphatic carbocycles. The molecule has 4 rings (SSSR count). The summed E-state index contributed by atoms with van der Waals surface area (Å²) in [6.45, 7) is 9.03. The molecule has 2 unspecified atom stereocenters. The zero-order valence-electron chi connectivity index (χ0n) is 20.7. The van der Waals surface area contributed by atoms with Crippen molar-refractivity contribution < 1.29 is 33.7 Å². The standard InChI is InChI=1S/C27H33NO7/c1-26(2)25(27(26,3)16-33-4)24(32)20-15-28(14-17-9-11-34-12-10-17)21-6-5-18(13-19(20)21)35-23(31)8-7-22(29)30/h5-8,13,15,17,25H,9-12,14,16H2,1-4H3,(H,29,30)/b8-7+. The third-order valence-electron chi connectivity index (χ3n) is 7.95. The van der Waals surface area contributed by atoms with Crippen molar-refractivity contribution in [3.05, 3.63) is 42.1 Å². The van der Waals surface area contributed by atoms with Crippen molar-refractivity contribution >= 4 is 28.6 Å². The number of ketones is 1. The number of rotatable bonds is 9. The number of Topliss-reactive ketones (excluding diaryl/α,β-unsaturated/α-hetero) is 1. The fourth-order valence-corrected chi connectivity index (χ4v) is 5.60. The van der Waals surface area contributed by atoms with Crippen molar-refractivity contribution in [2.24, 2.45) is 22.7 Å². The van der Waals surface area contributed by atoms with E-state index in [4.69, 9.17) is 19.3 Å². The maximum atomic E-state index is 13.9.